The molecule has 0 bridgehead atoms. The summed E-state index contributed by atoms with van der Waals surface area (Å²) in [4.78, 5) is 0. The zero-order valence-electron chi connectivity index (χ0n) is 3.57. The van der Waals surface area contributed by atoms with E-state index in [2.05, 4.69) is 14.4 Å². The summed E-state index contributed by atoms with van der Waals surface area (Å²) >= 11 is 0. The van der Waals surface area contributed by atoms with Crippen LogP contribution in [-0.2, 0) is 18.9 Å². The maximum atomic E-state index is 9.81. The first-order valence-corrected chi connectivity index (χ1v) is 2.66. The van der Waals surface area contributed by atoms with E-state index in [1.54, 1.807) is 0 Å². The van der Waals surface area contributed by atoms with Gasteiger partial charge in [0.2, 0.25) is 0 Å². The Bertz CT molecular complexity index is 187. The van der Waals surface area contributed by atoms with E-state index in [0.29, 0.717) is 0 Å². The molecule has 0 amide bonds. The topological polar surface area (TPSA) is 102 Å². The fourth-order valence-corrected chi connectivity index (χ4v) is 0.196. The smallest absolute Gasteiger partial charge is 0.280 e. The molecule has 0 fully saturated rings. The van der Waals surface area contributed by atoms with Crippen molar-refractivity contribution < 1.29 is 16.9 Å². The summed E-state index contributed by atoms with van der Waals surface area (Å²) in [6.45, 7) is 0. The molecule has 7 heteroatoms. The number of hydrogen-bond donors (Lipinski definition) is 1. The number of rotatable bonds is 2. The number of nitrogens with zero attached hydrogens (tertiary/aromatic N) is 1. The molecule has 2 N–H and O–H groups in total. The lowest BCUT2D eigenvalue weighted by atomic mass is 11.6. The van der Waals surface area contributed by atoms with Crippen LogP contribution in [0.3, 0.4) is 0 Å². The van der Waals surface area contributed by atoms with Crippen LogP contribution in [0.4, 0.5) is 0 Å². The molecule has 0 saturated carbocycles. The van der Waals surface area contributed by atoms with E-state index in [1.807, 2.05) is 0 Å². The number of nitrogens with two attached hydrogens (primary N) is 1. The Morgan fingerprint density at radius 3 is 2.25 bits per heavy atom. The van der Waals surface area contributed by atoms with Crippen LogP contribution in [0.2, 0.25) is 0 Å². The first kappa shape index (κ1) is 7.16. The maximum absolute atomic E-state index is 9.81. The summed E-state index contributed by atoms with van der Waals surface area (Å²) in [5.74, 6) is 4.13. The quantitative estimate of drug-likeness (QED) is 0.372. The van der Waals surface area contributed by atoms with Crippen LogP contribution in [0, 0.1) is 11.5 Å². The highest BCUT2D eigenvalue weighted by atomic mass is 32.3. The van der Waals surface area contributed by atoms with Crippen LogP contribution in [0.1, 0.15) is 0 Å². The van der Waals surface area contributed by atoms with E-state index in [-0.39, 0.29) is 0 Å². The van der Waals surface area contributed by atoms with Gasteiger partial charge in [0.05, 0.1) is 0 Å². The average Bonchev–Trinajstić information content (AvgIpc) is 1.67. The predicted molar refractivity (Wildman–Crippen MR) is 20.9 cm³/mol. The van der Waals surface area contributed by atoms with E-state index in [1.165, 1.54) is 0 Å². The molecule has 0 aromatic carbocycles. The van der Waals surface area contributed by atoms with Crippen molar-refractivity contribution in [1.29, 1.82) is 5.26 Å². The standard InChI is InChI=1S/CH2N2O4S/c2-1-6-8(4,5)7-3/h3H2. The highest BCUT2D eigenvalue weighted by Crippen LogP contribution is 1.85. The Morgan fingerprint density at radius 2 is 2.12 bits per heavy atom. The normalized spacial score (nSPS) is 10.0. The van der Waals surface area contributed by atoms with E-state index in [4.69, 9.17) is 5.26 Å². The Hall–Kier alpha value is -0.840. The van der Waals surface area contributed by atoms with Crippen LogP contribution in [0.5, 0.6) is 0 Å². The van der Waals surface area contributed by atoms with Crippen molar-refractivity contribution in [3.8, 4) is 6.26 Å². The molecule has 0 aromatic rings. The van der Waals surface area contributed by atoms with E-state index >= 15 is 0 Å². The van der Waals surface area contributed by atoms with Gasteiger partial charge in [-0.1, -0.05) is 0 Å². The molecule has 0 heterocycles. The second-order valence-corrected chi connectivity index (χ2v) is 1.85. The van der Waals surface area contributed by atoms with Gasteiger partial charge in [-0.05, 0) is 0 Å². The third kappa shape index (κ3) is 2.35. The van der Waals surface area contributed by atoms with Crippen molar-refractivity contribution in [2.24, 2.45) is 5.90 Å². The summed E-state index contributed by atoms with van der Waals surface area (Å²) < 4.78 is 26.1. The second kappa shape index (κ2) is 2.46. The van der Waals surface area contributed by atoms with Crippen molar-refractivity contribution in [3.05, 3.63) is 0 Å². The molecule has 46 valence electrons. The van der Waals surface area contributed by atoms with Gasteiger partial charge in [0.15, 0.2) is 0 Å². The molecule has 0 unspecified atom stereocenters. The maximum Gasteiger partial charge on any atom is 0.475 e. The highest BCUT2D eigenvalue weighted by molar-refractivity contribution is 7.81. The zero-order valence-corrected chi connectivity index (χ0v) is 4.38. The van der Waals surface area contributed by atoms with Crippen LogP contribution in [0.25, 0.3) is 0 Å². The van der Waals surface area contributed by atoms with Crippen LogP contribution in [-0.4, -0.2) is 8.42 Å². The van der Waals surface area contributed by atoms with Crippen LogP contribution < -0.4 is 5.90 Å². The molecule has 0 saturated heterocycles. The van der Waals surface area contributed by atoms with Gasteiger partial charge in [0.1, 0.15) is 0 Å². The molecule has 0 spiro atoms. The average molecular weight is 138 g/mol. The molecule has 8 heavy (non-hydrogen) atoms. The summed E-state index contributed by atoms with van der Waals surface area (Å²) in [5, 5.41) is 7.55. The Morgan fingerprint density at radius 1 is 1.62 bits per heavy atom. The number of nitriles is 1. The van der Waals surface area contributed by atoms with Gasteiger partial charge in [-0.2, -0.15) is 14.3 Å². The lowest BCUT2D eigenvalue weighted by Gasteiger charge is -1.88. The summed E-state index contributed by atoms with van der Waals surface area (Å²) in [7, 11) is -4.25. The van der Waals surface area contributed by atoms with Crippen LogP contribution in [0.15, 0.2) is 0 Å². The SMILES string of the molecule is N#COS(=O)(=O)ON. The molecule has 0 atom stereocenters. The molecule has 0 radical (unpaired) electrons. The van der Waals surface area contributed by atoms with Crippen LogP contribution >= 0.6 is 0 Å². The first-order valence-electron chi connectivity index (χ1n) is 1.33. The lowest BCUT2D eigenvalue weighted by Crippen LogP contribution is -2.11. The van der Waals surface area contributed by atoms with Gasteiger partial charge in [-0.25, -0.2) is 0 Å². The van der Waals surface area contributed by atoms with Gasteiger partial charge >= 0.3 is 16.7 Å². The predicted octanol–water partition coefficient (Wildman–Crippen LogP) is -1.38. The van der Waals surface area contributed by atoms with E-state index in [0.717, 1.165) is 6.26 Å². The third-order valence-electron chi connectivity index (χ3n) is 0.257. The molecule has 6 nitrogen and oxygen atoms in total. The molecule has 0 aliphatic heterocycles. The monoisotopic (exact) mass is 138 g/mol. The summed E-state index contributed by atoms with van der Waals surface area (Å²) in [6, 6.07) is 0. The fourth-order valence-electron chi connectivity index (χ4n) is 0.0653. The van der Waals surface area contributed by atoms with Crippen molar-refractivity contribution in [2.75, 3.05) is 0 Å². The Balaban J connectivity index is 4.01. The first-order chi connectivity index (χ1) is 3.62. The Kier molecular flexibility index (Phi) is 2.20. The van der Waals surface area contributed by atoms with E-state index < -0.39 is 10.4 Å². The molecule has 0 rings (SSSR count). The molecule has 0 aromatic heterocycles. The van der Waals surface area contributed by atoms with Crippen molar-refractivity contribution in [1.82, 2.24) is 0 Å². The fraction of sp³-hybridized carbons (Fsp3) is 0. The lowest BCUT2D eigenvalue weighted by molar-refractivity contribution is 0.272. The summed E-state index contributed by atoms with van der Waals surface area (Å²) in [6.07, 6.45) is 0.866. The van der Waals surface area contributed by atoms with E-state index in [9.17, 15) is 8.42 Å². The highest BCUT2D eigenvalue weighted by Gasteiger charge is 2.07. The van der Waals surface area contributed by atoms with Gasteiger partial charge in [-0.3, -0.25) is 4.18 Å². The minimum Gasteiger partial charge on any atom is -0.280 e. The third-order valence-corrected chi connectivity index (χ3v) is 0.772. The largest absolute Gasteiger partial charge is 0.475 e. The minimum absolute atomic E-state index is 0.866. The second-order valence-electron chi connectivity index (χ2n) is 0.679. The van der Waals surface area contributed by atoms with Crippen molar-refractivity contribution in [3.63, 3.8) is 0 Å². The van der Waals surface area contributed by atoms with Crippen molar-refractivity contribution in [2.45, 2.75) is 0 Å². The Labute approximate surface area is 45.7 Å². The van der Waals surface area contributed by atoms with Gasteiger partial charge in [-0.15, -0.1) is 9.55 Å². The van der Waals surface area contributed by atoms with Crippen molar-refractivity contribution >= 4 is 10.4 Å². The van der Waals surface area contributed by atoms with Gasteiger partial charge in [0, 0.05) is 0 Å². The van der Waals surface area contributed by atoms with Gasteiger partial charge < -0.3 is 0 Å². The zero-order chi connectivity index (χ0) is 6.62. The molecular formula is CH2N2O4S. The molecule has 0 aliphatic rings. The summed E-state index contributed by atoms with van der Waals surface area (Å²) in [5.41, 5.74) is 0. The minimum atomic E-state index is -4.25. The molecule has 0 aliphatic carbocycles. The molecular weight excluding hydrogens is 136 g/mol. The van der Waals surface area contributed by atoms with Gasteiger partial charge in [0.25, 0.3) is 0 Å². The number of hydrogen-bond acceptors (Lipinski definition) is 6.